The Morgan fingerprint density at radius 3 is 2.85 bits per heavy atom. The van der Waals surface area contributed by atoms with Crippen molar-refractivity contribution in [3.63, 3.8) is 0 Å². The monoisotopic (exact) mass is 276 g/mol. The van der Waals surface area contributed by atoms with E-state index in [-0.39, 0.29) is 23.4 Å². The van der Waals surface area contributed by atoms with Gasteiger partial charge in [-0.15, -0.1) is 0 Å². The smallest absolute Gasteiger partial charge is 0.124 e. The molecule has 3 atom stereocenters. The minimum Gasteiger partial charge on any atom is -0.380 e. The van der Waals surface area contributed by atoms with Crippen molar-refractivity contribution in [1.82, 2.24) is 0 Å². The molecule has 0 amide bonds. The van der Waals surface area contributed by atoms with Gasteiger partial charge in [0.15, 0.2) is 0 Å². The highest BCUT2D eigenvalue weighted by Gasteiger charge is 2.51. The predicted molar refractivity (Wildman–Crippen MR) is 77.0 cm³/mol. The molecular formula is C16H21FN2O. The summed E-state index contributed by atoms with van der Waals surface area (Å²) in [6.07, 6.45) is 2.17. The molecule has 2 rings (SSSR count). The van der Waals surface area contributed by atoms with Crippen LogP contribution in [0.1, 0.15) is 39.2 Å². The van der Waals surface area contributed by atoms with Gasteiger partial charge in [-0.05, 0) is 38.0 Å². The number of rotatable bonds is 5. The van der Waals surface area contributed by atoms with Crippen molar-refractivity contribution in [1.29, 1.82) is 5.26 Å². The molecule has 108 valence electrons. The van der Waals surface area contributed by atoms with Crippen LogP contribution in [0.3, 0.4) is 0 Å². The number of nitrogens with zero attached hydrogens (tertiary/aromatic N) is 1. The van der Waals surface area contributed by atoms with E-state index < -0.39 is 0 Å². The van der Waals surface area contributed by atoms with Crippen molar-refractivity contribution in [2.24, 2.45) is 5.41 Å². The lowest BCUT2D eigenvalue weighted by Gasteiger charge is -2.54. The highest BCUT2D eigenvalue weighted by Crippen LogP contribution is 2.47. The summed E-state index contributed by atoms with van der Waals surface area (Å²) in [6.45, 7) is 7.07. The predicted octanol–water partition coefficient (Wildman–Crippen LogP) is 3.70. The Hall–Kier alpha value is -1.60. The molecule has 20 heavy (non-hydrogen) atoms. The quantitative estimate of drug-likeness (QED) is 0.891. The SMILES string of the molecule is CCOC1CC(Nc2ccc(F)cc2C#N)C1(C)CC. The van der Waals surface area contributed by atoms with Crippen molar-refractivity contribution < 1.29 is 9.13 Å². The molecule has 1 aromatic carbocycles. The van der Waals surface area contributed by atoms with Gasteiger partial charge in [0, 0.05) is 18.1 Å². The van der Waals surface area contributed by atoms with Crippen molar-refractivity contribution in [2.45, 2.75) is 45.8 Å². The van der Waals surface area contributed by atoms with Gasteiger partial charge in [-0.1, -0.05) is 13.8 Å². The number of anilines is 1. The van der Waals surface area contributed by atoms with Crippen LogP contribution in [0, 0.1) is 22.6 Å². The zero-order valence-electron chi connectivity index (χ0n) is 12.2. The molecule has 1 saturated carbocycles. The van der Waals surface area contributed by atoms with Gasteiger partial charge < -0.3 is 10.1 Å². The van der Waals surface area contributed by atoms with Crippen molar-refractivity contribution >= 4 is 5.69 Å². The van der Waals surface area contributed by atoms with Gasteiger partial charge in [0.1, 0.15) is 11.9 Å². The third-order valence-electron chi connectivity index (χ3n) is 4.54. The second kappa shape index (κ2) is 5.80. The number of ether oxygens (including phenoxy) is 1. The Labute approximate surface area is 119 Å². The van der Waals surface area contributed by atoms with Crippen molar-refractivity contribution in [3.8, 4) is 6.07 Å². The zero-order chi connectivity index (χ0) is 14.8. The van der Waals surface area contributed by atoms with Gasteiger partial charge in [-0.25, -0.2) is 4.39 Å². The third-order valence-corrected chi connectivity index (χ3v) is 4.54. The Morgan fingerprint density at radius 1 is 1.50 bits per heavy atom. The molecule has 0 spiro atoms. The average molecular weight is 276 g/mol. The van der Waals surface area contributed by atoms with Crippen LogP contribution in [0.2, 0.25) is 0 Å². The summed E-state index contributed by atoms with van der Waals surface area (Å²) in [6, 6.07) is 6.57. The molecule has 0 heterocycles. The van der Waals surface area contributed by atoms with E-state index in [2.05, 4.69) is 19.2 Å². The second-order valence-corrected chi connectivity index (χ2v) is 5.54. The molecule has 3 unspecified atom stereocenters. The molecule has 0 radical (unpaired) electrons. The summed E-state index contributed by atoms with van der Waals surface area (Å²) in [4.78, 5) is 0. The number of hydrogen-bond donors (Lipinski definition) is 1. The van der Waals surface area contributed by atoms with Crippen LogP contribution >= 0.6 is 0 Å². The van der Waals surface area contributed by atoms with E-state index in [1.807, 2.05) is 13.0 Å². The first-order valence-corrected chi connectivity index (χ1v) is 7.13. The molecule has 0 saturated heterocycles. The van der Waals surface area contributed by atoms with E-state index in [0.717, 1.165) is 12.8 Å². The van der Waals surface area contributed by atoms with Gasteiger partial charge in [0.05, 0.1) is 17.4 Å². The first kappa shape index (κ1) is 14.8. The van der Waals surface area contributed by atoms with Crippen LogP contribution in [0.4, 0.5) is 10.1 Å². The molecule has 1 aromatic rings. The fourth-order valence-electron chi connectivity index (χ4n) is 2.90. The van der Waals surface area contributed by atoms with Crippen molar-refractivity contribution in [2.75, 3.05) is 11.9 Å². The maximum Gasteiger partial charge on any atom is 0.124 e. The van der Waals surface area contributed by atoms with E-state index in [4.69, 9.17) is 10.00 Å². The van der Waals surface area contributed by atoms with Gasteiger partial charge in [-0.2, -0.15) is 5.26 Å². The van der Waals surface area contributed by atoms with Crippen LogP contribution < -0.4 is 5.32 Å². The molecule has 1 N–H and O–H groups in total. The Morgan fingerprint density at radius 2 is 2.25 bits per heavy atom. The number of hydrogen-bond acceptors (Lipinski definition) is 3. The van der Waals surface area contributed by atoms with Crippen molar-refractivity contribution in [3.05, 3.63) is 29.6 Å². The summed E-state index contributed by atoms with van der Waals surface area (Å²) in [7, 11) is 0. The van der Waals surface area contributed by atoms with Gasteiger partial charge in [0.25, 0.3) is 0 Å². The summed E-state index contributed by atoms with van der Waals surface area (Å²) < 4.78 is 18.9. The largest absolute Gasteiger partial charge is 0.380 e. The van der Waals surface area contributed by atoms with Crippen LogP contribution in [-0.2, 0) is 4.74 Å². The second-order valence-electron chi connectivity index (χ2n) is 5.54. The van der Waals surface area contributed by atoms with E-state index in [1.165, 1.54) is 12.1 Å². The van der Waals surface area contributed by atoms with Gasteiger partial charge in [-0.3, -0.25) is 0 Å². The molecule has 0 bridgehead atoms. The zero-order valence-corrected chi connectivity index (χ0v) is 12.2. The molecule has 0 aromatic heterocycles. The van der Waals surface area contributed by atoms with E-state index >= 15 is 0 Å². The van der Waals surface area contributed by atoms with E-state index in [0.29, 0.717) is 17.9 Å². The number of nitriles is 1. The Kier molecular flexibility index (Phi) is 4.29. The molecule has 4 heteroatoms. The first-order valence-electron chi connectivity index (χ1n) is 7.13. The molecular weight excluding hydrogens is 255 g/mol. The van der Waals surface area contributed by atoms with Crippen LogP contribution in [0.25, 0.3) is 0 Å². The molecule has 3 nitrogen and oxygen atoms in total. The maximum atomic E-state index is 13.1. The lowest BCUT2D eigenvalue weighted by molar-refractivity contribution is -0.109. The summed E-state index contributed by atoms with van der Waals surface area (Å²) in [5.41, 5.74) is 1.11. The molecule has 1 aliphatic carbocycles. The number of halogens is 1. The van der Waals surface area contributed by atoms with Crippen LogP contribution in [-0.4, -0.2) is 18.8 Å². The highest BCUT2D eigenvalue weighted by molar-refractivity contribution is 5.58. The highest BCUT2D eigenvalue weighted by atomic mass is 19.1. The number of nitrogens with one attached hydrogen (secondary N) is 1. The molecule has 1 fully saturated rings. The Bertz CT molecular complexity index is 526. The normalized spacial score (nSPS) is 28.6. The molecule has 0 aliphatic heterocycles. The fraction of sp³-hybridized carbons (Fsp3) is 0.562. The standard InChI is InChI=1S/C16H21FN2O/c1-4-16(3)14(9-15(16)20-5-2)19-13-7-6-12(17)8-11(13)10-18/h6-8,14-15,19H,4-5,9H2,1-3H3. The van der Waals surface area contributed by atoms with E-state index in [9.17, 15) is 4.39 Å². The summed E-state index contributed by atoms with van der Waals surface area (Å²) in [5, 5.41) is 12.5. The van der Waals surface area contributed by atoms with Crippen LogP contribution in [0.5, 0.6) is 0 Å². The van der Waals surface area contributed by atoms with E-state index in [1.54, 1.807) is 6.07 Å². The first-order chi connectivity index (χ1) is 9.55. The summed E-state index contributed by atoms with van der Waals surface area (Å²) >= 11 is 0. The van der Waals surface area contributed by atoms with Gasteiger partial charge >= 0.3 is 0 Å². The lowest BCUT2D eigenvalue weighted by Crippen LogP contribution is -2.59. The van der Waals surface area contributed by atoms with Crippen LogP contribution in [0.15, 0.2) is 18.2 Å². The topological polar surface area (TPSA) is 45.0 Å². The average Bonchev–Trinajstić information content (AvgIpc) is 2.46. The fourth-order valence-corrected chi connectivity index (χ4v) is 2.90. The minimum atomic E-state index is -0.383. The maximum absolute atomic E-state index is 13.1. The summed E-state index contributed by atoms with van der Waals surface area (Å²) in [5.74, 6) is -0.383. The third kappa shape index (κ3) is 2.51. The number of benzene rings is 1. The van der Waals surface area contributed by atoms with Gasteiger partial charge in [0.2, 0.25) is 0 Å². The lowest BCUT2D eigenvalue weighted by atomic mass is 9.61. The molecule has 1 aliphatic rings. The minimum absolute atomic E-state index is 0.0527. The Balaban J connectivity index is 2.14.